The van der Waals surface area contributed by atoms with Crippen molar-refractivity contribution in [2.24, 2.45) is 0 Å². The van der Waals surface area contributed by atoms with Crippen LogP contribution in [0.15, 0.2) is 66.7 Å². The first-order chi connectivity index (χ1) is 14.5. The first-order valence-electron chi connectivity index (χ1n) is 10.0. The van der Waals surface area contributed by atoms with Crippen LogP contribution < -0.4 is 10.2 Å². The average Bonchev–Trinajstić information content (AvgIpc) is 2.75. The van der Waals surface area contributed by atoms with Crippen molar-refractivity contribution in [2.75, 3.05) is 37.0 Å². The highest BCUT2D eigenvalue weighted by atomic mass is 19.1. The van der Waals surface area contributed by atoms with Gasteiger partial charge in [0.25, 0.3) is 5.91 Å². The number of carbonyl (C=O) groups is 1. The third-order valence-corrected chi connectivity index (χ3v) is 5.07. The number of hydrogen-bond donors (Lipinski definition) is 1. The molecule has 0 aliphatic heterocycles. The molecular formula is C25H27FN2O2. The Morgan fingerprint density at radius 1 is 1.07 bits per heavy atom. The number of likely N-dealkylation sites (N-methyl/N-ethyl adjacent to an activating group) is 1. The molecule has 0 aliphatic carbocycles. The molecule has 5 heteroatoms. The minimum absolute atomic E-state index is 0.202. The molecule has 1 amide bonds. The van der Waals surface area contributed by atoms with Crippen LogP contribution in [0.1, 0.15) is 22.8 Å². The molecule has 0 unspecified atom stereocenters. The predicted molar refractivity (Wildman–Crippen MR) is 121 cm³/mol. The first-order valence-corrected chi connectivity index (χ1v) is 10.0. The largest absolute Gasteiger partial charge is 0.383 e. The second-order valence-corrected chi connectivity index (χ2v) is 7.11. The molecule has 0 bridgehead atoms. The summed E-state index contributed by atoms with van der Waals surface area (Å²) in [5.41, 5.74) is 4.91. The van der Waals surface area contributed by atoms with Crippen LogP contribution in [0.5, 0.6) is 0 Å². The molecule has 156 valence electrons. The van der Waals surface area contributed by atoms with Crippen LogP contribution in [0.25, 0.3) is 11.1 Å². The van der Waals surface area contributed by atoms with Crippen LogP contribution in [0.4, 0.5) is 15.8 Å². The van der Waals surface area contributed by atoms with Gasteiger partial charge in [-0.3, -0.25) is 4.79 Å². The molecule has 1 N–H and O–H groups in total. The van der Waals surface area contributed by atoms with Crippen LogP contribution in [0.2, 0.25) is 0 Å². The smallest absolute Gasteiger partial charge is 0.255 e. The Morgan fingerprint density at radius 2 is 1.83 bits per heavy atom. The van der Waals surface area contributed by atoms with Gasteiger partial charge in [-0.05, 0) is 79.1 Å². The summed E-state index contributed by atoms with van der Waals surface area (Å²) < 4.78 is 18.8. The van der Waals surface area contributed by atoms with E-state index in [-0.39, 0.29) is 11.7 Å². The Bertz CT molecular complexity index is 1000. The van der Waals surface area contributed by atoms with Gasteiger partial charge in [-0.15, -0.1) is 0 Å². The fourth-order valence-corrected chi connectivity index (χ4v) is 3.36. The monoisotopic (exact) mass is 406 g/mol. The molecule has 0 aromatic heterocycles. The molecule has 3 aromatic rings. The summed E-state index contributed by atoms with van der Waals surface area (Å²) in [6, 6.07) is 19.6. The van der Waals surface area contributed by atoms with Gasteiger partial charge in [-0.1, -0.05) is 18.2 Å². The number of anilines is 2. The molecule has 3 aromatic carbocycles. The lowest BCUT2D eigenvalue weighted by Gasteiger charge is -2.23. The Balaban J connectivity index is 1.75. The molecular weight excluding hydrogens is 379 g/mol. The van der Waals surface area contributed by atoms with E-state index in [2.05, 4.69) is 17.1 Å². The molecule has 0 saturated carbocycles. The van der Waals surface area contributed by atoms with E-state index in [9.17, 15) is 9.18 Å². The Kier molecular flexibility index (Phi) is 7.20. The van der Waals surface area contributed by atoms with Gasteiger partial charge in [0.15, 0.2) is 0 Å². The second-order valence-electron chi connectivity index (χ2n) is 7.11. The SMILES string of the molecule is CCN(CCOC)c1ccc(NC(=O)c2ccc(C)c(-c3cccc(F)c3)c2)cc1. The van der Waals surface area contributed by atoms with Crippen molar-refractivity contribution in [3.05, 3.63) is 83.7 Å². The summed E-state index contributed by atoms with van der Waals surface area (Å²) in [4.78, 5) is 15.0. The molecule has 0 atom stereocenters. The first kappa shape index (κ1) is 21.5. The fraction of sp³-hybridized carbons (Fsp3) is 0.240. The number of amides is 1. The number of hydrogen-bond acceptors (Lipinski definition) is 3. The minimum Gasteiger partial charge on any atom is -0.383 e. The van der Waals surface area contributed by atoms with Crippen LogP contribution in [0.3, 0.4) is 0 Å². The molecule has 30 heavy (non-hydrogen) atoms. The van der Waals surface area contributed by atoms with Gasteiger partial charge in [-0.2, -0.15) is 0 Å². The lowest BCUT2D eigenvalue weighted by atomic mass is 9.98. The summed E-state index contributed by atoms with van der Waals surface area (Å²) in [5.74, 6) is -0.499. The third kappa shape index (κ3) is 5.24. The van der Waals surface area contributed by atoms with Gasteiger partial charge < -0.3 is 15.0 Å². The number of nitrogens with one attached hydrogen (secondary N) is 1. The summed E-state index contributed by atoms with van der Waals surface area (Å²) in [5, 5.41) is 2.94. The summed E-state index contributed by atoms with van der Waals surface area (Å²) in [7, 11) is 1.69. The lowest BCUT2D eigenvalue weighted by Crippen LogP contribution is -2.26. The Labute approximate surface area is 177 Å². The second kappa shape index (κ2) is 10.0. The van der Waals surface area contributed by atoms with E-state index < -0.39 is 0 Å². The van der Waals surface area contributed by atoms with Gasteiger partial charge in [0, 0.05) is 37.1 Å². The van der Waals surface area contributed by atoms with E-state index >= 15 is 0 Å². The average molecular weight is 407 g/mol. The van der Waals surface area contributed by atoms with E-state index in [1.165, 1.54) is 12.1 Å². The van der Waals surface area contributed by atoms with E-state index in [1.807, 2.05) is 43.3 Å². The van der Waals surface area contributed by atoms with Crippen LogP contribution >= 0.6 is 0 Å². The zero-order valence-electron chi connectivity index (χ0n) is 17.6. The van der Waals surface area contributed by atoms with E-state index in [4.69, 9.17) is 4.74 Å². The number of ether oxygens (including phenoxy) is 1. The molecule has 0 spiro atoms. The van der Waals surface area contributed by atoms with Crippen LogP contribution in [-0.4, -0.2) is 32.7 Å². The van der Waals surface area contributed by atoms with Crippen molar-refractivity contribution < 1.29 is 13.9 Å². The number of carbonyl (C=O) groups excluding carboxylic acids is 1. The van der Waals surface area contributed by atoms with E-state index in [1.54, 1.807) is 25.3 Å². The van der Waals surface area contributed by atoms with E-state index in [0.29, 0.717) is 12.2 Å². The molecule has 0 saturated heterocycles. The van der Waals surface area contributed by atoms with Crippen LogP contribution in [-0.2, 0) is 4.74 Å². The van der Waals surface area contributed by atoms with Gasteiger partial charge in [-0.25, -0.2) is 4.39 Å². The van der Waals surface area contributed by atoms with Crippen molar-refractivity contribution in [1.82, 2.24) is 0 Å². The highest BCUT2D eigenvalue weighted by Gasteiger charge is 2.11. The fourth-order valence-electron chi connectivity index (χ4n) is 3.36. The van der Waals surface area contributed by atoms with Gasteiger partial charge >= 0.3 is 0 Å². The van der Waals surface area contributed by atoms with Gasteiger partial charge in [0.2, 0.25) is 0 Å². The summed E-state index contributed by atoms with van der Waals surface area (Å²) >= 11 is 0. The lowest BCUT2D eigenvalue weighted by molar-refractivity contribution is 0.102. The molecule has 0 fully saturated rings. The maximum absolute atomic E-state index is 13.6. The number of benzene rings is 3. The maximum Gasteiger partial charge on any atom is 0.255 e. The summed E-state index contributed by atoms with van der Waals surface area (Å²) in [6.07, 6.45) is 0. The predicted octanol–water partition coefficient (Wildman–Crippen LogP) is 5.53. The normalized spacial score (nSPS) is 10.7. The van der Waals surface area contributed by atoms with Gasteiger partial charge in [0.1, 0.15) is 5.82 Å². The Hall–Kier alpha value is -3.18. The number of methoxy groups -OCH3 is 1. The van der Waals surface area contributed by atoms with Crippen molar-refractivity contribution >= 4 is 17.3 Å². The number of halogens is 1. The zero-order chi connectivity index (χ0) is 21.5. The van der Waals surface area contributed by atoms with Crippen molar-refractivity contribution in [3.8, 4) is 11.1 Å². The molecule has 0 aliphatic rings. The zero-order valence-corrected chi connectivity index (χ0v) is 17.6. The molecule has 0 heterocycles. The highest BCUT2D eigenvalue weighted by molar-refractivity contribution is 6.05. The quantitative estimate of drug-likeness (QED) is 0.535. The van der Waals surface area contributed by atoms with Crippen molar-refractivity contribution in [1.29, 1.82) is 0 Å². The number of aryl methyl sites for hydroxylation is 1. The number of rotatable bonds is 8. The summed E-state index contributed by atoms with van der Waals surface area (Å²) in [6.45, 7) is 6.39. The highest BCUT2D eigenvalue weighted by Crippen LogP contribution is 2.26. The number of nitrogens with zero attached hydrogens (tertiary/aromatic N) is 1. The van der Waals surface area contributed by atoms with E-state index in [0.717, 1.165) is 41.2 Å². The third-order valence-electron chi connectivity index (χ3n) is 5.07. The minimum atomic E-state index is -0.298. The Morgan fingerprint density at radius 3 is 2.50 bits per heavy atom. The van der Waals surface area contributed by atoms with Crippen molar-refractivity contribution in [2.45, 2.75) is 13.8 Å². The van der Waals surface area contributed by atoms with Crippen molar-refractivity contribution in [3.63, 3.8) is 0 Å². The topological polar surface area (TPSA) is 41.6 Å². The molecule has 3 rings (SSSR count). The molecule has 0 radical (unpaired) electrons. The molecule has 4 nitrogen and oxygen atoms in total. The standard InChI is InChI=1S/C25H27FN2O2/c1-4-28(14-15-30-3)23-12-10-22(11-13-23)27-25(29)20-9-8-18(2)24(17-20)19-6-5-7-21(26)16-19/h5-13,16-17H,4,14-15H2,1-3H3,(H,27,29). The van der Waals surface area contributed by atoms with Crippen LogP contribution in [0, 0.1) is 12.7 Å². The van der Waals surface area contributed by atoms with Gasteiger partial charge in [0.05, 0.1) is 6.61 Å². The maximum atomic E-state index is 13.6.